The van der Waals surface area contributed by atoms with E-state index >= 15 is 0 Å². The zero-order valence-corrected chi connectivity index (χ0v) is 21.7. The molecule has 0 saturated carbocycles. The zero-order valence-electron chi connectivity index (χ0n) is 15.8. The molecule has 31 heavy (non-hydrogen) atoms. The number of carbonyl (C=O) groups is 1. The lowest BCUT2D eigenvalue weighted by Crippen LogP contribution is -2.13. The van der Waals surface area contributed by atoms with Crippen LogP contribution in [0.15, 0.2) is 70.7 Å². The molecule has 8 heteroatoms. The second kappa shape index (κ2) is 11.1. The molecule has 156 valence electrons. The minimum absolute atomic E-state index is 0.0217. The first-order chi connectivity index (χ1) is 14.9. The minimum Gasteiger partial charge on any atom is -0.487 e. The summed E-state index contributed by atoms with van der Waals surface area (Å²) in [5.41, 5.74) is 1.72. The fourth-order valence-electron chi connectivity index (χ4n) is 2.65. The Balaban J connectivity index is 1.78. The number of nitrogens with one attached hydrogen (secondary N) is 1. The van der Waals surface area contributed by atoms with Gasteiger partial charge in [0, 0.05) is 15.7 Å². The van der Waals surface area contributed by atoms with Crippen molar-refractivity contribution in [3.8, 4) is 11.8 Å². The van der Waals surface area contributed by atoms with Crippen molar-refractivity contribution in [1.82, 2.24) is 0 Å². The SMILES string of the molecule is N#C/C(=C/c1cc(I)c(OCc2ccccc2F)c(I)c1)C(=O)Nc1cccc(Br)c1. The van der Waals surface area contributed by atoms with Crippen molar-refractivity contribution in [2.45, 2.75) is 6.61 Å². The molecule has 3 aromatic rings. The Hall–Kier alpha value is -1.97. The van der Waals surface area contributed by atoms with E-state index in [-0.39, 0.29) is 18.0 Å². The zero-order chi connectivity index (χ0) is 22.4. The second-order valence-corrected chi connectivity index (χ2v) is 9.57. The number of anilines is 1. The Morgan fingerprint density at radius 3 is 2.48 bits per heavy atom. The molecule has 0 heterocycles. The number of ether oxygens (including phenoxy) is 1. The topological polar surface area (TPSA) is 62.1 Å². The van der Waals surface area contributed by atoms with Crippen LogP contribution in [-0.2, 0) is 11.4 Å². The van der Waals surface area contributed by atoms with E-state index in [1.54, 1.807) is 36.4 Å². The monoisotopic (exact) mass is 702 g/mol. The van der Waals surface area contributed by atoms with Gasteiger partial charge in [0.2, 0.25) is 0 Å². The van der Waals surface area contributed by atoms with Gasteiger partial charge in [0.05, 0.1) is 7.14 Å². The van der Waals surface area contributed by atoms with Crippen molar-refractivity contribution in [2.75, 3.05) is 5.32 Å². The first kappa shape index (κ1) is 23.7. The van der Waals surface area contributed by atoms with Crippen molar-refractivity contribution in [1.29, 1.82) is 5.26 Å². The molecule has 0 fully saturated rings. The van der Waals surface area contributed by atoms with Crippen molar-refractivity contribution in [2.24, 2.45) is 0 Å². The van der Waals surface area contributed by atoms with E-state index in [0.29, 0.717) is 22.6 Å². The summed E-state index contributed by atoms with van der Waals surface area (Å²) in [5, 5.41) is 12.2. The highest BCUT2D eigenvalue weighted by Crippen LogP contribution is 2.31. The average molecular weight is 703 g/mol. The van der Waals surface area contributed by atoms with Gasteiger partial charge in [0.25, 0.3) is 5.91 Å². The fraction of sp³-hybridized carbons (Fsp3) is 0.0435. The highest BCUT2D eigenvalue weighted by atomic mass is 127. The molecule has 1 N–H and O–H groups in total. The molecular formula is C23H14BrFI2N2O2. The van der Waals surface area contributed by atoms with Gasteiger partial charge in [-0.3, -0.25) is 4.79 Å². The third-order valence-corrected chi connectivity index (χ3v) is 6.20. The number of benzene rings is 3. The highest BCUT2D eigenvalue weighted by Gasteiger charge is 2.13. The molecule has 0 aromatic heterocycles. The maximum atomic E-state index is 13.8. The maximum Gasteiger partial charge on any atom is 0.266 e. The van der Waals surface area contributed by atoms with Crippen LogP contribution in [0.5, 0.6) is 5.75 Å². The summed E-state index contributed by atoms with van der Waals surface area (Å²) >= 11 is 7.59. The molecule has 0 unspecified atom stereocenters. The molecule has 0 radical (unpaired) electrons. The predicted octanol–water partition coefficient (Wildman–Crippen LogP) is 6.92. The number of carbonyl (C=O) groups excluding carboxylic acids is 1. The number of halogens is 4. The number of hydrogen-bond donors (Lipinski definition) is 1. The summed E-state index contributed by atoms with van der Waals surface area (Å²) in [6.07, 6.45) is 1.53. The molecule has 0 saturated heterocycles. The van der Waals surface area contributed by atoms with E-state index in [1.165, 1.54) is 12.1 Å². The first-order valence-electron chi connectivity index (χ1n) is 8.91. The largest absolute Gasteiger partial charge is 0.487 e. The van der Waals surface area contributed by atoms with E-state index in [1.807, 2.05) is 24.3 Å². The van der Waals surface area contributed by atoms with Crippen LogP contribution in [0.25, 0.3) is 6.08 Å². The number of rotatable bonds is 6. The second-order valence-electron chi connectivity index (χ2n) is 6.33. The Bertz CT molecular complexity index is 1190. The van der Waals surface area contributed by atoms with E-state index in [0.717, 1.165) is 11.6 Å². The lowest BCUT2D eigenvalue weighted by atomic mass is 10.1. The molecule has 0 aliphatic heterocycles. The van der Waals surface area contributed by atoms with E-state index < -0.39 is 5.91 Å². The van der Waals surface area contributed by atoms with Crippen LogP contribution in [0, 0.1) is 24.3 Å². The van der Waals surface area contributed by atoms with Crippen LogP contribution in [0.1, 0.15) is 11.1 Å². The van der Waals surface area contributed by atoms with Gasteiger partial charge >= 0.3 is 0 Å². The quantitative estimate of drug-likeness (QED) is 0.172. The van der Waals surface area contributed by atoms with Crippen LogP contribution in [0.2, 0.25) is 0 Å². The van der Waals surface area contributed by atoms with Gasteiger partial charge in [-0.1, -0.05) is 40.2 Å². The van der Waals surface area contributed by atoms with Gasteiger partial charge in [0.1, 0.15) is 29.8 Å². The van der Waals surface area contributed by atoms with Crippen LogP contribution in [-0.4, -0.2) is 5.91 Å². The summed E-state index contributed by atoms with van der Waals surface area (Å²) in [5.74, 6) is -0.189. The molecule has 1 amide bonds. The number of nitrogens with zero attached hydrogens (tertiary/aromatic N) is 1. The molecule has 4 nitrogen and oxygen atoms in total. The minimum atomic E-state index is -0.495. The Kier molecular flexibility index (Phi) is 8.45. The summed E-state index contributed by atoms with van der Waals surface area (Å²) in [7, 11) is 0. The molecule has 0 atom stereocenters. The van der Waals surface area contributed by atoms with Crippen molar-refractivity contribution in [3.05, 3.63) is 94.8 Å². The fourth-order valence-corrected chi connectivity index (χ4v) is 5.17. The Labute approximate surface area is 214 Å². The summed E-state index contributed by atoms with van der Waals surface area (Å²) in [4.78, 5) is 12.5. The average Bonchev–Trinajstić information content (AvgIpc) is 2.72. The maximum absolute atomic E-state index is 13.8. The van der Waals surface area contributed by atoms with Crippen LogP contribution >= 0.6 is 61.1 Å². The van der Waals surface area contributed by atoms with E-state index in [9.17, 15) is 14.4 Å². The van der Waals surface area contributed by atoms with Gasteiger partial charge in [-0.05, 0) is 93.2 Å². The van der Waals surface area contributed by atoms with Gasteiger partial charge in [-0.15, -0.1) is 0 Å². The highest BCUT2D eigenvalue weighted by molar-refractivity contribution is 14.1. The van der Waals surface area contributed by atoms with E-state index in [4.69, 9.17) is 4.74 Å². The Morgan fingerprint density at radius 1 is 1.13 bits per heavy atom. The van der Waals surface area contributed by atoms with Gasteiger partial charge in [-0.2, -0.15) is 5.26 Å². The van der Waals surface area contributed by atoms with Crippen LogP contribution in [0.4, 0.5) is 10.1 Å². The lowest BCUT2D eigenvalue weighted by Gasteiger charge is -2.12. The van der Waals surface area contributed by atoms with Gasteiger partial charge in [0.15, 0.2) is 0 Å². The van der Waals surface area contributed by atoms with Gasteiger partial charge in [-0.25, -0.2) is 4.39 Å². The molecule has 3 aromatic carbocycles. The smallest absolute Gasteiger partial charge is 0.266 e. The molecule has 0 bridgehead atoms. The molecule has 3 rings (SSSR count). The molecular weight excluding hydrogens is 689 g/mol. The standard InChI is InChI=1S/C23H14BrFI2N2O2/c24-17-5-3-6-18(11-17)29-23(30)16(12-28)8-14-9-20(26)22(21(27)10-14)31-13-15-4-1-2-7-19(15)25/h1-11H,13H2,(H,29,30)/b16-8-. The summed E-state index contributed by atoms with van der Waals surface area (Å²) in [6.45, 7) is 0.104. The third-order valence-electron chi connectivity index (χ3n) is 4.11. The third kappa shape index (κ3) is 6.51. The molecule has 0 aliphatic rings. The lowest BCUT2D eigenvalue weighted by molar-refractivity contribution is -0.112. The summed E-state index contributed by atoms with van der Waals surface area (Å²) < 4.78 is 22.1. The van der Waals surface area contributed by atoms with Crippen LogP contribution in [0.3, 0.4) is 0 Å². The number of nitriles is 1. The molecule has 0 spiro atoms. The first-order valence-corrected chi connectivity index (χ1v) is 11.9. The van der Waals surface area contributed by atoms with Crippen molar-refractivity contribution < 1.29 is 13.9 Å². The van der Waals surface area contributed by atoms with Gasteiger partial charge < -0.3 is 10.1 Å². The number of amides is 1. The van der Waals surface area contributed by atoms with Crippen molar-refractivity contribution >= 4 is 78.8 Å². The normalized spacial score (nSPS) is 11.0. The predicted molar refractivity (Wildman–Crippen MR) is 139 cm³/mol. The van der Waals surface area contributed by atoms with Crippen LogP contribution < -0.4 is 10.1 Å². The number of hydrogen-bond acceptors (Lipinski definition) is 3. The molecule has 0 aliphatic carbocycles. The summed E-state index contributed by atoms with van der Waals surface area (Å²) in [6, 6.07) is 19.2. The van der Waals surface area contributed by atoms with Crippen molar-refractivity contribution in [3.63, 3.8) is 0 Å². The Morgan fingerprint density at radius 2 is 1.84 bits per heavy atom. The van der Waals surface area contributed by atoms with E-state index in [2.05, 4.69) is 66.4 Å².